The Labute approximate surface area is 212 Å². The van der Waals surface area contributed by atoms with Gasteiger partial charge in [0.1, 0.15) is 6.61 Å². The van der Waals surface area contributed by atoms with E-state index < -0.39 is 6.10 Å². The molecular formula is C23H32ClNNaO5. The molecule has 0 saturated carbocycles. The zero-order chi connectivity index (χ0) is 21.8. The van der Waals surface area contributed by atoms with Crippen LogP contribution in [0.2, 0.25) is 5.02 Å². The zero-order valence-corrected chi connectivity index (χ0v) is 21.4. The summed E-state index contributed by atoms with van der Waals surface area (Å²) in [7, 11) is 0. The number of hydrogen-bond acceptors (Lipinski definition) is 5. The van der Waals surface area contributed by atoms with E-state index in [0.717, 1.165) is 31.2 Å². The van der Waals surface area contributed by atoms with Crippen molar-refractivity contribution in [3.8, 4) is 0 Å². The van der Waals surface area contributed by atoms with Crippen molar-refractivity contribution in [1.29, 1.82) is 0 Å². The second-order valence-corrected chi connectivity index (χ2v) is 7.83. The standard InChI is InChI=1S/C23H32ClNO5.Na/c1-2-30-23(28)17-29-14-4-3-13-25-20(9-6-10-22(25)27)11-12-21(26)16-18-7-5-8-19(24)15-18;/h5,7-8,11-12,15,20-21,26H,2-4,6,9-10,13-14,16-17H2,1H3;/b12-11+;/t20-,21?;/m1./s1. The number of benzene rings is 1. The molecule has 0 bridgehead atoms. The van der Waals surface area contributed by atoms with Crippen LogP contribution < -0.4 is 0 Å². The van der Waals surface area contributed by atoms with Gasteiger partial charge in [0.2, 0.25) is 5.91 Å². The van der Waals surface area contributed by atoms with Crippen molar-refractivity contribution in [2.24, 2.45) is 0 Å². The van der Waals surface area contributed by atoms with Gasteiger partial charge in [0.15, 0.2) is 0 Å². The summed E-state index contributed by atoms with van der Waals surface area (Å²) in [5.74, 6) is -0.210. The Bertz CT molecular complexity index is 715. The predicted molar refractivity (Wildman–Crippen MR) is 122 cm³/mol. The van der Waals surface area contributed by atoms with Crippen molar-refractivity contribution >= 4 is 53.0 Å². The van der Waals surface area contributed by atoms with Gasteiger partial charge in [-0.15, -0.1) is 0 Å². The van der Waals surface area contributed by atoms with Crippen LogP contribution in [-0.4, -0.2) is 90.0 Å². The molecule has 1 aromatic carbocycles. The van der Waals surface area contributed by atoms with Gasteiger partial charge in [0, 0.05) is 60.6 Å². The molecule has 167 valence electrons. The first-order valence-corrected chi connectivity index (χ1v) is 11.0. The van der Waals surface area contributed by atoms with Gasteiger partial charge >= 0.3 is 5.97 Å². The van der Waals surface area contributed by atoms with E-state index in [1.54, 1.807) is 19.1 Å². The van der Waals surface area contributed by atoms with Crippen LogP contribution in [0.25, 0.3) is 0 Å². The van der Waals surface area contributed by atoms with E-state index in [0.29, 0.717) is 37.6 Å². The van der Waals surface area contributed by atoms with Crippen molar-refractivity contribution in [2.75, 3.05) is 26.4 Å². The summed E-state index contributed by atoms with van der Waals surface area (Å²) in [6.45, 7) is 3.17. The number of aliphatic hydroxyl groups excluding tert-OH is 1. The molecule has 1 unspecified atom stereocenters. The van der Waals surface area contributed by atoms with Crippen molar-refractivity contribution in [1.82, 2.24) is 4.90 Å². The summed E-state index contributed by atoms with van der Waals surface area (Å²) in [4.78, 5) is 25.5. The third-order valence-electron chi connectivity index (χ3n) is 4.96. The Morgan fingerprint density at radius 3 is 2.94 bits per heavy atom. The number of rotatable bonds is 12. The first-order chi connectivity index (χ1) is 14.5. The first-order valence-electron chi connectivity index (χ1n) is 10.6. The molecule has 1 aromatic rings. The summed E-state index contributed by atoms with van der Waals surface area (Å²) in [5.41, 5.74) is 0.971. The van der Waals surface area contributed by atoms with Crippen molar-refractivity contribution in [2.45, 2.75) is 57.6 Å². The number of likely N-dealkylation sites (tertiary alicyclic amines) is 1. The van der Waals surface area contributed by atoms with Crippen LogP contribution >= 0.6 is 11.6 Å². The number of piperidine rings is 1. The SMILES string of the molecule is CCOC(=O)COCCCCN1C(=O)CCC[C@@H]1/C=C/C(O)Cc1cccc(Cl)c1.[Na]. The van der Waals surface area contributed by atoms with Crippen LogP contribution in [0.15, 0.2) is 36.4 Å². The Morgan fingerprint density at radius 1 is 1.39 bits per heavy atom. The molecule has 31 heavy (non-hydrogen) atoms. The number of carbonyl (C=O) groups is 2. The average Bonchev–Trinajstić information content (AvgIpc) is 2.70. The quantitative estimate of drug-likeness (QED) is 0.224. The third kappa shape index (κ3) is 11.0. The van der Waals surface area contributed by atoms with E-state index in [1.165, 1.54) is 0 Å². The van der Waals surface area contributed by atoms with Gasteiger partial charge in [-0.25, -0.2) is 4.79 Å². The van der Waals surface area contributed by atoms with E-state index in [1.807, 2.05) is 29.2 Å². The van der Waals surface area contributed by atoms with Gasteiger partial charge in [0.05, 0.1) is 18.8 Å². The van der Waals surface area contributed by atoms with Gasteiger partial charge in [-0.2, -0.15) is 0 Å². The average molecular weight is 461 g/mol. The molecule has 0 aromatic heterocycles. The maximum absolute atomic E-state index is 12.4. The van der Waals surface area contributed by atoms with Crippen molar-refractivity contribution in [3.05, 3.63) is 47.0 Å². The molecule has 6 nitrogen and oxygen atoms in total. The molecular weight excluding hydrogens is 429 g/mol. The zero-order valence-electron chi connectivity index (χ0n) is 18.6. The smallest absolute Gasteiger partial charge is 0.332 e. The minimum atomic E-state index is -0.626. The molecule has 1 saturated heterocycles. The van der Waals surface area contributed by atoms with Crippen molar-refractivity contribution in [3.63, 3.8) is 0 Å². The minimum absolute atomic E-state index is 0. The number of esters is 1. The van der Waals surface area contributed by atoms with Gasteiger partial charge in [-0.3, -0.25) is 4.79 Å². The Balaban J connectivity index is 0.00000480. The molecule has 1 radical (unpaired) electrons. The van der Waals surface area contributed by atoms with Gasteiger partial charge in [-0.05, 0) is 50.3 Å². The third-order valence-corrected chi connectivity index (χ3v) is 5.20. The monoisotopic (exact) mass is 460 g/mol. The Hall–Kier alpha value is -0.890. The number of unbranched alkanes of at least 4 members (excludes halogenated alkanes) is 1. The number of amides is 1. The number of ether oxygens (including phenoxy) is 2. The number of aliphatic hydroxyl groups is 1. The predicted octanol–water partition coefficient (Wildman–Crippen LogP) is 3.16. The normalized spacial score (nSPS) is 17.5. The number of hydrogen-bond donors (Lipinski definition) is 1. The maximum atomic E-state index is 12.4. The molecule has 0 aliphatic carbocycles. The van der Waals surface area contributed by atoms with Crippen LogP contribution in [0.5, 0.6) is 0 Å². The Morgan fingerprint density at radius 2 is 2.19 bits per heavy atom. The topological polar surface area (TPSA) is 76.1 Å². The Kier molecular flexibility index (Phi) is 14.4. The number of carbonyl (C=O) groups excluding carboxylic acids is 2. The summed E-state index contributed by atoms with van der Waals surface area (Å²) < 4.78 is 10.1. The van der Waals surface area contributed by atoms with E-state index in [-0.39, 0.29) is 54.1 Å². The summed E-state index contributed by atoms with van der Waals surface area (Å²) in [5, 5.41) is 11.0. The second-order valence-electron chi connectivity index (χ2n) is 7.40. The summed E-state index contributed by atoms with van der Waals surface area (Å²) in [6.07, 6.45) is 7.45. The maximum Gasteiger partial charge on any atom is 0.332 e. The van der Waals surface area contributed by atoms with E-state index >= 15 is 0 Å². The van der Waals surface area contributed by atoms with Crippen LogP contribution in [0.1, 0.15) is 44.6 Å². The van der Waals surface area contributed by atoms with Crippen molar-refractivity contribution < 1.29 is 24.2 Å². The second kappa shape index (κ2) is 15.8. The van der Waals surface area contributed by atoms with Gasteiger partial charge < -0.3 is 19.5 Å². The number of nitrogens with zero attached hydrogens (tertiary/aromatic N) is 1. The minimum Gasteiger partial charge on any atom is -0.464 e. The molecule has 1 N–H and O–H groups in total. The molecule has 1 aliphatic rings. The molecule has 1 aliphatic heterocycles. The molecule has 0 spiro atoms. The summed E-state index contributed by atoms with van der Waals surface area (Å²) in [6, 6.07) is 7.45. The summed E-state index contributed by atoms with van der Waals surface area (Å²) >= 11 is 6.00. The fourth-order valence-corrected chi connectivity index (χ4v) is 3.72. The van der Waals surface area contributed by atoms with Crippen LogP contribution in [0.3, 0.4) is 0 Å². The number of halogens is 1. The van der Waals surface area contributed by atoms with E-state index in [4.69, 9.17) is 21.1 Å². The molecule has 1 heterocycles. The first kappa shape index (κ1) is 28.1. The van der Waals surface area contributed by atoms with Gasteiger partial charge in [0.25, 0.3) is 0 Å². The van der Waals surface area contributed by atoms with Crippen LogP contribution in [0.4, 0.5) is 0 Å². The fraction of sp³-hybridized carbons (Fsp3) is 0.565. The largest absolute Gasteiger partial charge is 0.464 e. The van der Waals surface area contributed by atoms with Crippen LogP contribution in [0, 0.1) is 0 Å². The molecule has 2 rings (SSSR count). The van der Waals surface area contributed by atoms with Crippen LogP contribution in [-0.2, 0) is 25.5 Å². The molecule has 1 fully saturated rings. The fourth-order valence-electron chi connectivity index (χ4n) is 3.51. The molecule has 2 atom stereocenters. The van der Waals surface area contributed by atoms with Gasteiger partial charge in [-0.1, -0.05) is 35.9 Å². The van der Waals surface area contributed by atoms with E-state index in [2.05, 4.69) is 0 Å². The molecule has 1 amide bonds. The molecule has 8 heteroatoms. The van der Waals surface area contributed by atoms with E-state index in [9.17, 15) is 14.7 Å².